The highest BCUT2D eigenvalue weighted by molar-refractivity contribution is 9.10. The van der Waals surface area contributed by atoms with Gasteiger partial charge in [0.05, 0.1) is 5.52 Å². The molecule has 25 heavy (non-hydrogen) atoms. The van der Waals surface area contributed by atoms with Crippen molar-refractivity contribution in [1.29, 1.82) is 0 Å². The monoisotopic (exact) mass is 391 g/mol. The van der Waals surface area contributed by atoms with Crippen LogP contribution in [0.1, 0.15) is 0 Å². The van der Waals surface area contributed by atoms with Crippen molar-refractivity contribution in [2.24, 2.45) is 0 Å². The lowest BCUT2D eigenvalue weighted by Crippen LogP contribution is -2.20. The number of benzene rings is 3. The van der Waals surface area contributed by atoms with Crippen molar-refractivity contribution in [2.45, 2.75) is 0 Å². The van der Waals surface area contributed by atoms with Crippen molar-refractivity contribution in [2.75, 3.05) is 5.32 Å². The molecule has 4 aromatic rings. The van der Waals surface area contributed by atoms with E-state index in [-0.39, 0.29) is 6.03 Å². The molecule has 0 spiro atoms. The first-order valence-corrected chi connectivity index (χ1v) is 8.62. The van der Waals surface area contributed by atoms with Gasteiger partial charge in [0.2, 0.25) is 0 Å². The quantitative estimate of drug-likeness (QED) is 0.487. The molecule has 0 aliphatic carbocycles. The predicted octanol–water partition coefficient (Wildman–Crippen LogP) is 5.55. The van der Waals surface area contributed by atoms with Gasteiger partial charge in [-0.15, -0.1) is 0 Å². The summed E-state index contributed by atoms with van der Waals surface area (Å²) in [5.41, 5.74) is 3.26. The van der Waals surface area contributed by atoms with E-state index in [0.29, 0.717) is 5.69 Å². The SMILES string of the molecule is O=C(Nc1ccc(Br)cc1)n1nc(-c2ccccc2)c2ccccc21. The van der Waals surface area contributed by atoms with Crippen LogP contribution in [0.3, 0.4) is 0 Å². The van der Waals surface area contributed by atoms with Crippen LogP contribution in [0.5, 0.6) is 0 Å². The van der Waals surface area contributed by atoms with E-state index in [1.165, 1.54) is 4.68 Å². The number of para-hydroxylation sites is 1. The van der Waals surface area contributed by atoms with Gasteiger partial charge in [0, 0.05) is 21.1 Å². The summed E-state index contributed by atoms with van der Waals surface area (Å²) in [7, 11) is 0. The smallest absolute Gasteiger partial charge is 0.306 e. The molecule has 122 valence electrons. The molecule has 5 heteroatoms. The Labute approximate surface area is 153 Å². The lowest BCUT2D eigenvalue weighted by molar-refractivity contribution is 0.252. The van der Waals surface area contributed by atoms with Gasteiger partial charge in [-0.2, -0.15) is 9.78 Å². The van der Waals surface area contributed by atoms with E-state index in [9.17, 15) is 4.79 Å². The summed E-state index contributed by atoms with van der Waals surface area (Å²) in [5, 5.41) is 8.40. The van der Waals surface area contributed by atoms with Gasteiger partial charge in [0.1, 0.15) is 5.69 Å². The highest BCUT2D eigenvalue weighted by Gasteiger charge is 2.16. The highest BCUT2D eigenvalue weighted by atomic mass is 79.9. The van der Waals surface area contributed by atoms with Gasteiger partial charge in [-0.25, -0.2) is 4.79 Å². The highest BCUT2D eigenvalue weighted by Crippen LogP contribution is 2.27. The lowest BCUT2D eigenvalue weighted by Gasteiger charge is -2.05. The number of nitrogens with zero attached hydrogens (tertiary/aromatic N) is 2. The van der Waals surface area contributed by atoms with Crippen LogP contribution >= 0.6 is 15.9 Å². The molecule has 1 amide bonds. The normalized spacial score (nSPS) is 10.8. The number of nitrogens with one attached hydrogen (secondary N) is 1. The number of amides is 1. The number of anilines is 1. The fraction of sp³-hybridized carbons (Fsp3) is 0. The van der Waals surface area contributed by atoms with Crippen molar-refractivity contribution < 1.29 is 4.79 Å². The maximum Gasteiger partial charge on any atom is 0.347 e. The molecule has 0 saturated heterocycles. The molecule has 1 N–H and O–H groups in total. The zero-order valence-corrected chi connectivity index (χ0v) is 14.8. The summed E-state index contributed by atoms with van der Waals surface area (Å²) in [6, 6.07) is 24.8. The lowest BCUT2D eigenvalue weighted by atomic mass is 10.1. The minimum absolute atomic E-state index is 0.291. The third-order valence-electron chi connectivity index (χ3n) is 3.92. The number of fused-ring (bicyclic) bond motifs is 1. The minimum atomic E-state index is -0.291. The fourth-order valence-electron chi connectivity index (χ4n) is 2.74. The molecule has 1 aromatic heterocycles. The Hall–Kier alpha value is -2.92. The number of hydrogen-bond acceptors (Lipinski definition) is 2. The molecular weight excluding hydrogens is 378 g/mol. The van der Waals surface area contributed by atoms with Gasteiger partial charge in [-0.05, 0) is 30.3 Å². The number of halogens is 1. The summed E-state index contributed by atoms with van der Waals surface area (Å²) >= 11 is 3.39. The largest absolute Gasteiger partial charge is 0.347 e. The summed E-state index contributed by atoms with van der Waals surface area (Å²) < 4.78 is 2.38. The maximum atomic E-state index is 12.7. The topological polar surface area (TPSA) is 46.9 Å². The Morgan fingerprint density at radius 1 is 0.880 bits per heavy atom. The van der Waals surface area contributed by atoms with Crippen molar-refractivity contribution >= 4 is 38.6 Å². The Bertz CT molecular complexity index is 1040. The third kappa shape index (κ3) is 3.06. The van der Waals surface area contributed by atoms with E-state index in [1.807, 2.05) is 78.9 Å². The summed E-state index contributed by atoms with van der Waals surface area (Å²) in [4.78, 5) is 12.7. The first-order chi connectivity index (χ1) is 12.2. The van der Waals surface area contributed by atoms with E-state index >= 15 is 0 Å². The van der Waals surface area contributed by atoms with Crippen molar-refractivity contribution in [1.82, 2.24) is 9.78 Å². The van der Waals surface area contributed by atoms with Crippen LogP contribution in [-0.2, 0) is 0 Å². The van der Waals surface area contributed by atoms with Crippen LogP contribution in [-0.4, -0.2) is 15.8 Å². The van der Waals surface area contributed by atoms with Crippen LogP contribution in [0, 0.1) is 0 Å². The predicted molar refractivity (Wildman–Crippen MR) is 104 cm³/mol. The molecule has 0 atom stereocenters. The van der Waals surface area contributed by atoms with E-state index in [2.05, 4.69) is 26.3 Å². The molecular formula is C20H14BrN3O. The van der Waals surface area contributed by atoms with Crippen LogP contribution in [0.15, 0.2) is 83.3 Å². The summed E-state index contributed by atoms with van der Waals surface area (Å²) in [6.07, 6.45) is 0. The fourth-order valence-corrected chi connectivity index (χ4v) is 3.00. The number of aromatic nitrogens is 2. The van der Waals surface area contributed by atoms with E-state index in [1.54, 1.807) is 0 Å². The van der Waals surface area contributed by atoms with Gasteiger partial charge in [0.15, 0.2) is 0 Å². The van der Waals surface area contributed by atoms with E-state index in [0.717, 1.165) is 26.6 Å². The van der Waals surface area contributed by atoms with E-state index < -0.39 is 0 Å². The Morgan fingerprint density at radius 3 is 2.32 bits per heavy atom. The number of carbonyl (C=O) groups is 1. The van der Waals surface area contributed by atoms with Crippen molar-refractivity contribution in [3.8, 4) is 11.3 Å². The maximum absolute atomic E-state index is 12.7. The molecule has 0 saturated carbocycles. The number of rotatable bonds is 2. The second-order valence-electron chi connectivity index (χ2n) is 5.58. The molecule has 0 fully saturated rings. The van der Waals surface area contributed by atoms with Crippen LogP contribution in [0.25, 0.3) is 22.2 Å². The van der Waals surface area contributed by atoms with Gasteiger partial charge >= 0.3 is 6.03 Å². The van der Waals surface area contributed by atoms with Gasteiger partial charge in [0.25, 0.3) is 0 Å². The average molecular weight is 392 g/mol. The van der Waals surface area contributed by atoms with Gasteiger partial charge in [-0.1, -0.05) is 64.5 Å². The van der Waals surface area contributed by atoms with E-state index in [4.69, 9.17) is 0 Å². The molecule has 0 aliphatic rings. The van der Waals surface area contributed by atoms with Crippen LogP contribution in [0.2, 0.25) is 0 Å². The molecule has 0 aliphatic heterocycles. The Balaban J connectivity index is 1.77. The Kier molecular flexibility index (Phi) is 4.07. The Morgan fingerprint density at radius 2 is 1.56 bits per heavy atom. The number of hydrogen-bond donors (Lipinski definition) is 1. The first-order valence-electron chi connectivity index (χ1n) is 7.82. The first kappa shape index (κ1) is 15.6. The van der Waals surface area contributed by atoms with Crippen molar-refractivity contribution in [3.63, 3.8) is 0 Å². The number of carbonyl (C=O) groups excluding carboxylic acids is 1. The zero-order chi connectivity index (χ0) is 17.2. The minimum Gasteiger partial charge on any atom is -0.306 e. The summed E-state index contributed by atoms with van der Waals surface area (Å²) in [6.45, 7) is 0. The molecule has 3 aromatic carbocycles. The molecule has 0 radical (unpaired) electrons. The standard InChI is InChI=1S/C20H14BrN3O/c21-15-10-12-16(13-11-15)22-20(25)24-18-9-5-4-8-17(18)19(23-24)14-6-2-1-3-7-14/h1-13H,(H,22,25). The van der Waals surface area contributed by atoms with Crippen LogP contribution < -0.4 is 5.32 Å². The molecule has 0 bridgehead atoms. The van der Waals surface area contributed by atoms with Crippen LogP contribution in [0.4, 0.5) is 10.5 Å². The molecule has 4 nitrogen and oxygen atoms in total. The zero-order valence-electron chi connectivity index (χ0n) is 13.2. The summed E-state index contributed by atoms with van der Waals surface area (Å²) in [5.74, 6) is 0. The average Bonchev–Trinajstić information content (AvgIpc) is 3.04. The van der Waals surface area contributed by atoms with Crippen molar-refractivity contribution in [3.05, 3.63) is 83.3 Å². The molecule has 0 unspecified atom stereocenters. The molecule has 1 heterocycles. The molecule has 4 rings (SSSR count). The van der Waals surface area contributed by atoms with Gasteiger partial charge in [-0.3, -0.25) is 0 Å². The third-order valence-corrected chi connectivity index (χ3v) is 4.45. The second kappa shape index (κ2) is 6.53. The second-order valence-corrected chi connectivity index (χ2v) is 6.50. The van der Waals surface area contributed by atoms with Gasteiger partial charge < -0.3 is 5.32 Å².